The molecule has 1 N–H and O–H groups in total. The molecule has 1 aromatic carbocycles. The highest BCUT2D eigenvalue weighted by Gasteiger charge is 2.13. The second-order valence-electron chi connectivity index (χ2n) is 4.43. The fourth-order valence-corrected chi connectivity index (χ4v) is 2.27. The van der Waals surface area contributed by atoms with Crippen LogP contribution in [0.5, 0.6) is 5.75 Å². The molecule has 0 aliphatic rings. The van der Waals surface area contributed by atoms with Gasteiger partial charge in [0.25, 0.3) is 0 Å². The van der Waals surface area contributed by atoms with Crippen LogP contribution in [0.15, 0.2) is 18.2 Å². The molecule has 1 aromatic heterocycles. The van der Waals surface area contributed by atoms with Gasteiger partial charge in [-0.2, -0.15) is 5.10 Å². The Kier molecular flexibility index (Phi) is 4.62. The Morgan fingerprint density at radius 3 is 2.75 bits per heavy atom. The Labute approximate surface area is 121 Å². The SMILES string of the molecule is CCc1nn(C)c(COc2cc(F)cc(CO)c2)c1Cl. The maximum absolute atomic E-state index is 13.3. The van der Waals surface area contributed by atoms with Gasteiger partial charge < -0.3 is 9.84 Å². The molecule has 0 aliphatic carbocycles. The molecular weight excluding hydrogens is 283 g/mol. The van der Waals surface area contributed by atoms with Crippen LogP contribution in [0.4, 0.5) is 4.39 Å². The van der Waals surface area contributed by atoms with E-state index < -0.39 is 5.82 Å². The number of nitrogens with zero attached hydrogens (tertiary/aromatic N) is 2. The van der Waals surface area contributed by atoms with Crippen molar-refractivity contribution in [3.8, 4) is 5.75 Å². The Balaban J connectivity index is 2.16. The third-order valence-electron chi connectivity index (χ3n) is 2.99. The molecule has 6 heteroatoms. The first-order chi connectivity index (χ1) is 9.55. The van der Waals surface area contributed by atoms with Gasteiger partial charge in [-0.05, 0) is 24.1 Å². The predicted molar refractivity (Wildman–Crippen MR) is 74.3 cm³/mol. The van der Waals surface area contributed by atoms with E-state index >= 15 is 0 Å². The molecule has 108 valence electrons. The number of aromatic nitrogens is 2. The Bertz CT molecular complexity index is 613. The Hall–Kier alpha value is -1.59. The van der Waals surface area contributed by atoms with E-state index in [1.165, 1.54) is 12.1 Å². The summed E-state index contributed by atoms with van der Waals surface area (Å²) in [5.74, 6) is -0.0961. The lowest BCUT2D eigenvalue weighted by Crippen LogP contribution is -2.04. The van der Waals surface area contributed by atoms with Crippen molar-refractivity contribution in [1.82, 2.24) is 9.78 Å². The monoisotopic (exact) mass is 298 g/mol. The number of aliphatic hydroxyl groups excluding tert-OH is 1. The number of halogens is 2. The third kappa shape index (κ3) is 3.11. The molecule has 0 unspecified atom stereocenters. The van der Waals surface area contributed by atoms with E-state index in [-0.39, 0.29) is 13.2 Å². The topological polar surface area (TPSA) is 47.3 Å². The van der Waals surface area contributed by atoms with Crippen LogP contribution in [0.3, 0.4) is 0 Å². The summed E-state index contributed by atoms with van der Waals surface area (Å²) in [4.78, 5) is 0. The zero-order valence-electron chi connectivity index (χ0n) is 11.4. The standard InChI is InChI=1S/C14H16ClFN2O2/c1-3-12-14(15)13(18(2)17-12)8-20-11-5-9(7-19)4-10(16)6-11/h4-6,19H,3,7-8H2,1-2H3. The fraction of sp³-hybridized carbons (Fsp3) is 0.357. The van der Waals surface area contributed by atoms with Gasteiger partial charge in [0.1, 0.15) is 18.2 Å². The number of ether oxygens (including phenoxy) is 1. The first-order valence-corrected chi connectivity index (χ1v) is 6.66. The summed E-state index contributed by atoms with van der Waals surface area (Å²) < 4.78 is 20.5. The zero-order chi connectivity index (χ0) is 14.7. The van der Waals surface area contributed by atoms with E-state index in [1.54, 1.807) is 17.8 Å². The van der Waals surface area contributed by atoms with E-state index in [2.05, 4.69) is 5.10 Å². The minimum Gasteiger partial charge on any atom is -0.487 e. The normalized spacial score (nSPS) is 10.8. The van der Waals surface area contributed by atoms with E-state index in [0.717, 1.165) is 17.8 Å². The van der Waals surface area contributed by atoms with E-state index in [0.29, 0.717) is 16.3 Å². The van der Waals surface area contributed by atoms with Gasteiger partial charge in [-0.1, -0.05) is 18.5 Å². The smallest absolute Gasteiger partial charge is 0.131 e. The fourth-order valence-electron chi connectivity index (χ4n) is 1.92. The first kappa shape index (κ1) is 14.8. The summed E-state index contributed by atoms with van der Waals surface area (Å²) in [6.07, 6.45) is 0.737. The van der Waals surface area contributed by atoms with E-state index in [9.17, 15) is 4.39 Å². The van der Waals surface area contributed by atoms with E-state index in [4.69, 9.17) is 21.4 Å². The van der Waals surface area contributed by atoms with Crippen molar-refractivity contribution in [3.63, 3.8) is 0 Å². The molecule has 4 nitrogen and oxygen atoms in total. The van der Waals surface area contributed by atoms with Crippen molar-refractivity contribution in [1.29, 1.82) is 0 Å². The van der Waals surface area contributed by atoms with Crippen molar-refractivity contribution >= 4 is 11.6 Å². The lowest BCUT2D eigenvalue weighted by Gasteiger charge is -2.08. The summed E-state index contributed by atoms with van der Waals surface area (Å²) in [6, 6.07) is 4.12. The molecule has 0 saturated heterocycles. The molecule has 0 saturated carbocycles. The zero-order valence-corrected chi connectivity index (χ0v) is 12.1. The number of benzene rings is 1. The Morgan fingerprint density at radius 1 is 1.40 bits per heavy atom. The maximum Gasteiger partial charge on any atom is 0.131 e. The molecule has 1 heterocycles. The average Bonchev–Trinajstić information content (AvgIpc) is 2.70. The average molecular weight is 299 g/mol. The van der Waals surface area contributed by atoms with Gasteiger partial charge in [-0.3, -0.25) is 4.68 Å². The highest BCUT2D eigenvalue weighted by Crippen LogP contribution is 2.23. The van der Waals surface area contributed by atoms with Crippen LogP contribution in [0, 0.1) is 5.82 Å². The van der Waals surface area contributed by atoms with Crippen molar-refractivity contribution in [2.75, 3.05) is 0 Å². The Morgan fingerprint density at radius 2 is 2.15 bits per heavy atom. The molecule has 20 heavy (non-hydrogen) atoms. The molecule has 0 spiro atoms. The number of aryl methyl sites for hydroxylation is 2. The summed E-state index contributed by atoms with van der Waals surface area (Å²) in [5, 5.41) is 13.9. The van der Waals surface area contributed by atoms with E-state index in [1.807, 2.05) is 6.92 Å². The number of hydrogen-bond acceptors (Lipinski definition) is 3. The highest BCUT2D eigenvalue weighted by molar-refractivity contribution is 6.31. The van der Waals surface area contributed by atoms with Crippen LogP contribution in [-0.4, -0.2) is 14.9 Å². The quantitative estimate of drug-likeness (QED) is 0.923. The molecule has 0 aliphatic heterocycles. The van der Waals surface area contributed by atoms with Crippen LogP contribution in [0.2, 0.25) is 5.02 Å². The van der Waals surface area contributed by atoms with Gasteiger partial charge >= 0.3 is 0 Å². The van der Waals surface area contributed by atoms with Crippen molar-refractivity contribution in [2.24, 2.45) is 7.05 Å². The van der Waals surface area contributed by atoms with Crippen LogP contribution in [0.1, 0.15) is 23.9 Å². The highest BCUT2D eigenvalue weighted by atomic mass is 35.5. The predicted octanol–water partition coefficient (Wildman–Crippen LogP) is 2.85. The minimum atomic E-state index is -0.447. The first-order valence-electron chi connectivity index (χ1n) is 6.28. The van der Waals surface area contributed by atoms with Crippen LogP contribution < -0.4 is 4.74 Å². The minimum absolute atomic E-state index is 0.191. The van der Waals surface area contributed by atoms with Gasteiger partial charge in [-0.15, -0.1) is 0 Å². The van der Waals surface area contributed by atoms with Gasteiger partial charge in [0.05, 0.1) is 23.0 Å². The summed E-state index contributed by atoms with van der Waals surface area (Å²) >= 11 is 6.21. The van der Waals surface area contributed by atoms with Crippen molar-refractivity contribution in [2.45, 2.75) is 26.6 Å². The number of aliphatic hydroxyl groups is 1. The molecule has 0 radical (unpaired) electrons. The molecule has 0 amide bonds. The van der Waals surface area contributed by atoms with Crippen LogP contribution >= 0.6 is 11.6 Å². The molecule has 2 aromatic rings. The molecule has 0 bridgehead atoms. The van der Waals surface area contributed by atoms with Crippen LogP contribution in [-0.2, 0) is 26.7 Å². The van der Waals surface area contributed by atoms with Crippen LogP contribution in [0.25, 0.3) is 0 Å². The summed E-state index contributed by atoms with van der Waals surface area (Å²) in [7, 11) is 1.79. The van der Waals surface area contributed by atoms with Gasteiger partial charge in [0, 0.05) is 13.1 Å². The van der Waals surface area contributed by atoms with Gasteiger partial charge in [0.15, 0.2) is 0 Å². The number of hydrogen-bond donors (Lipinski definition) is 1. The lowest BCUT2D eigenvalue weighted by molar-refractivity contribution is 0.274. The molecule has 0 fully saturated rings. The van der Waals surface area contributed by atoms with Gasteiger partial charge in [0.2, 0.25) is 0 Å². The summed E-state index contributed by atoms with van der Waals surface area (Å²) in [5.41, 5.74) is 2.01. The maximum atomic E-state index is 13.3. The largest absolute Gasteiger partial charge is 0.487 e. The lowest BCUT2D eigenvalue weighted by atomic mass is 10.2. The van der Waals surface area contributed by atoms with Crippen molar-refractivity contribution in [3.05, 3.63) is 46.0 Å². The third-order valence-corrected chi connectivity index (χ3v) is 3.43. The number of rotatable bonds is 5. The molecular formula is C14H16ClFN2O2. The molecule has 2 rings (SSSR count). The summed E-state index contributed by atoms with van der Waals surface area (Å²) in [6.45, 7) is 1.93. The second kappa shape index (κ2) is 6.24. The second-order valence-corrected chi connectivity index (χ2v) is 4.80. The molecule has 0 atom stereocenters. The van der Waals surface area contributed by atoms with Crippen molar-refractivity contribution < 1.29 is 14.2 Å². The van der Waals surface area contributed by atoms with Gasteiger partial charge in [-0.25, -0.2) is 4.39 Å².